The first-order chi connectivity index (χ1) is 51.3. The molecule has 29 heteroatoms. The number of nitrogens with one attached hydrogen (secondary N) is 7. The number of carbonyl (C=O) groups is 8. The minimum Gasteiger partial charge on any atom is -0.481 e. The standard InChI is InChI=1S/C35H64N4O6S2.C25H48N4O2S2.C14H25NO4.C5H14N2S2.CH4/c1-32(2,3)44-30(42)38-25-34(15-9-7-10-16-34)23-28(40)36-19-13-21-46-27-47-22-14-20-37-29(41)24-35(17-11-8-12-18-35)26-39-31(43)45-33(4,5)6;26-19-24(9-3-1-4-10-24)17-22(30)28-13-7-15-32-21-33-16-8-14-29-23(31)18-25(20-27)11-5-2-6-12-25;1-13(2,3)19-12(18)15-10-14(9-11(16)17)7-5-4-6-8-14;6-2-1-4-8-9-5-3-7;/h7-27H2,1-6H3,(H,36,40)(H,37,41)(H,38,42)(H,39,43);1-21,26-27H2,(H,28,30)(H,29,31);4-10H2,1-3H3,(H,15,18)(H,16,17);1-7H2;1H4. The van der Waals surface area contributed by atoms with E-state index in [1.165, 1.54) is 51.4 Å². The zero-order valence-corrected chi connectivity index (χ0v) is 73.3. The van der Waals surface area contributed by atoms with E-state index in [0.717, 1.165) is 212 Å². The summed E-state index contributed by atoms with van der Waals surface area (Å²) >= 11 is 7.59. The summed E-state index contributed by atoms with van der Waals surface area (Å²) in [6.07, 6.45) is 33.0. The lowest BCUT2D eigenvalue weighted by atomic mass is 9.71. The number of hydrogen-bond donors (Lipinski definition) is 12. The van der Waals surface area contributed by atoms with Crippen molar-refractivity contribution in [3.05, 3.63) is 0 Å². The van der Waals surface area contributed by atoms with E-state index in [-0.39, 0.29) is 64.6 Å². The molecular formula is C80H155N11O12S6. The summed E-state index contributed by atoms with van der Waals surface area (Å²) in [5, 5.41) is 32.0. The summed E-state index contributed by atoms with van der Waals surface area (Å²) in [4.78, 5) is 97.2. The van der Waals surface area contributed by atoms with Crippen molar-refractivity contribution in [2.24, 2.45) is 50.0 Å². The normalized spacial score (nSPS) is 17.7. The minimum absolute atomic E-state index is 0. The molecule has 0 radical (unpaired) electrons. The van der Waals surface area contributed by atoms with E-state index in [2.05, 4.69) is 37.2 Å². The molecule has 0 aliphatic heterocycles. The predicted octanol–water partition coefficient (Wildman–Crippen LogP) is 15.4. The number of nitrogens with two attached hydrogens (primary N) is 4. The molecule has 638 valence electrons. The van der Waals surface area contributed by atoms with E-state index in [1.807, 2.05) is 110 Å². The van der Waals surface area contributed by atoms with Gasteiger partial charge in [-0.15, -0.1) is 0 Å². The Morgan fingerprint density at radius 2 is 0.578 bits per heavy atom. The van der Waals surface area contributed by atoms with Crippen LogP contribution in [0.4, 0.5) is 14.4 Å². The van der Waals surface area contributed by atoms with E-state index in [0.29, 0.717) is 71.5 Å². The number of hydrogen-bond acceptors (Lipinski definition) is 21. The summed E-state index contributed by atoms with van der Waals surface area (Å²) < 4.78 is 16.0. The van der Waals surface area contributed by atoms with E-state index < -0.39 is 41.1 Å². The number of carboxylic acid groups (broad SMARTS) is 1. The van der Waals surface area contributed by atoms with Gasteiger partial charge in [0.1, 0.15) is 16.8 Å². The van der Waals surface area contributed by atoms with Crippen molar-refractivity contribution in [1.82, 2.24) is 37.2 Å². The fraction of sp³-hybridized carbons (Fsp3) is 0.900. The van der Waals surface area contributed by atoms with Crippen LogP contribution in [-0.2, 0) is 38.2 Å². The van der Waals surface area contributed by atoms with Gasteiger partial charge in [-0.05, 0) is 228 Å². The lowest BCUT2D eigenvalue weighted by Crippen LogP contribution is -2.44. The number of carboxylic acids is 1. The lowest BCUT2D eigenvalue weighted by Gasteiger charge is -2.37. The molecule has 0 atom stereocenters. The molecule has 23 nitrogen and oxygen atoms in total. The van der Waals surface area contributed by atoms with Crippen LogP contribution in [0, 0.1) is 27.1 Å². The number of carbonyl (C=O) groups excluding carboxylic acids is 7. The molecule has 0 aromatic rings. The van der Waals surface area contributed by atoms with Crippen molar-refractivity contribution in [3.8, 4) is 0 Å². The molecule has 5 aliphatic rings. The second-order valence-electron chi connectivity index (χ2n) is 33.8. The summed E-state index contributed by atoms with van der Waals surface area (Å²) in [5.74, 6) is 5.96. The molecule has 5 fully saturated rings. The minimum atomic E-state index is -0.798. The molecule has 0 unspecified atom stereocenters. The smallest absolute Gasteiger partial charge is 0.407 e. The first kappa shape index (κ1) is 104. The van der Waals surface area contributed by atoms with Crippen LogP contribution in [0.1, 0.15) is 294 Å². The predicted molar refractivity (Wildman–Crippen MR) is 464 cm³/mol. The van der Waals surface area contributed by atoms with Crippen LogP contribution in [-0.4, -0.2) is 186 Å². The SMILES string of the molecule is C.CC(C)(C)OC(=O)NCC1(CC(=O)NCCCSCSCCCNC(=O)CC2(CNC(=O)OC(C)(C)C)CCCCC2)CCCCC1.CC(C)(C)OC(=O)NCC1(CC(=O)O)CCCCC1.NCC1(CC(=O)NCCCSCSCCCNC(=O)CC2(CN)CCCCC2)CCCCC1.NCCCSSCCN. The Hall–Kier alpha value is -2.90. The van der Waals surface area contributed by atoms with Gasteiger partial charge in [0.2, 0.25) is 23.6 Å². The molecule has 5 aliphatic carbocycles. The zero-order chi connectivity index (χ0) is 80.1. The van der Waals surface area contributed by atoms with E-state index in [9.17, 15) is 38.4 Å². The van der Waals surface area contributed by atoms with Gasteiger partial charge in [0.25, 0.3) is 0 Å². The molecule has 109 heavy (non-hydrogen) atoms. The average Bonchev–Trinajstić information content (AvgIpc) is 0.867. The Balaban J connectivity index is 0.000000824. The Morgan fingerprint density at radius 1 is 0.330 bits per heavy atom. The molecule has 0 heterocycles. The van der Waals surface area contributed by atoms with E-state index in [4.69, 9.17) is 42.3 Å². The van der Waals surface area contributed by atoms with Crippen LogP contribution in [0.2, 0.25) is 0 Å². The van der Waals surface area contributed by atoms with Crippen molar-refractivity contribution in [1.29, 1.82) is 0 Å². The molecule has 0 saturated heterocycles. The van der Waals surface area contributed by atoms with Gasteiger partial charge in [0.15, 0.2) is 0 Å². The van der Waals surface area contributed by atoms with Crippen LogP contribution < -0.4 is 60.2 Å². The molecular weight excluding hydrogens is 1500 g/mol. The molecule has 0 spiro atoms. The van der Waals surface area contributed by atoms with Crippen LogP contribution in [0.25, 0.3) is 0 Å². The highest BCUT2D eigenvalue weighted by Crippen LogP contribution is 2.43. The van der Waals surface area contributed by atoms with E-state index >= 15 is 0 Å². The van der Waals surface area contributed by atoms with Gasteiger partial charge in [-0.2, -0.15) is 47.0 Å². The van der Waals surface area contributed by atoms with Crippen molar-refractivity contribution in [2.75, 3.05) is 117 Å². The first-order valence-corrected chi connectivity index (χ1v) is 47.9. The topological polar surface area (TPSA) is 373 Å². The van der Waals surface area contributed by atoms with Gasteiger partial charge in [-0.3, -0.25) is 24.0 Å². The maximum Gasteiger partial charge on any atom is 0.407 e. The first-order valence-electron chi connectivity index (χ1n) is 40.8. The third-order valence-electron chi connectivity index (χ3n) is 20.3. The van der Waals surface area contributed by atoms with Crippen LogP contribution >= 0.6 is 68.6 Å². The third kappa shape index (κ3) is 53.1. The number of thioether (sulfide) groups is 4. The number of alkyl carbamates (subject to hydrolysis) is 3. The fourth-order valence-electron chi connectivity index (χ4n) is 14.6. The summed E-state index contributed by atoms with van der Waals surface area (Å²) in [5.41, 5.74) is 20.4. The highest BCUT2D eigenvalue weighted by atomic mass is 33.1. The maximum atomic E-state index is 12.8. The van der Waals surface area contributed by atoms with E-state index in [1.54, 1.807) is 20.8 Å². The van der Waals surface area contributed by atoms with Crippen molar-refractivity contribution in [3.63, 3.8) is 0 Å². The fourth-order valence-corrected chi connectivity index (χ4v) is 20.8. The average molecular weight is 1660 g/mol. The number of amides is 7. The highest BCUT2D eigenvalue weighted by molar-refractivity contribution is 8.76. The second kappa shape index (κ2) is 58.9. The van der Waals surface area contributed by atoms with Gasteiger partial charge in [0, 0.05) is 99.7 Å². The van der Waals surface area contributed by atoms with Crippen molar-refractivity contribution in [2.45, 2.75) is 311 Å². The Morgan fingerprint density at radius 3 is 0.817 bits per heavy atom. The second-order valence-corrected chi connectivity index (χ2v) is 41.7. The van der Waals surface area contributed by atoms with Gasteiger partial charge < -0.3 is 79.5 Å². The summed E-state index contributed by atoms with van der Waals surface area (Å²) in [7, 11) is 3.69. The van der Waals surface area contributed by atoms with Crippen LogP contribution in [0.5, 0.6) is 0 Å². The van der Waals surface area contributed by atoms with Crippen molar-refractivity contribution >= 4 is 117 Å². The molecule has 5 rings (SSSR count). The molecule has 0 aromatic heterocycles. The zero-order valence-electron chi connectivity index (χ0n) is 68.4. The Kier molecular flexibility index (Phi) is 56.2. The molecule has 5 saturated carbocycles. The van der Waals surface area contributed by atoms with Crippen molar-refractivity contribution < 1.29 is 57.7 Å². The number of aliphatic carboxylic acids is 1. The lowest BCUT2D eigenvalue weighted by molar-refractivity contribution is -0.140. The molecule has 7 amide bonds. The quantitative estimate of drug-likeness (QED) is 0.0117. The van der Waals surface area contributed by atoms with Gasteiger partial charge in [-0.1, -0.05) is 125 Å². The number of rotatable bonds is 44. The Bertz CT molecular complexity index is 2350. The van der Waals surface area contributed by atoms with Crippen LogP contribution in [0.15, 0.2) is 0 Å². The Labute approximate surface area is 684 Å². The monoisotopic (exact) mass is 1650 g/mol. The van der Waals surface area contributed by atoms with Gasteiger partial charge >= 0.3 is 24.2 Å². The van der Waals surface area contributed by atoms with Gasteiger partial charge in [0.05, 0.1) is 6.42 Å². The molecule has 0 aromatic carbocycles. The number of ether oxygens (including phenoxy) is 3. The third-order valence-corrected chi connectivity index (χ3v) is 27.8. The molecule has 16 N–H and O–H groups in total. The van der Waals surface area contributed by atoms with Crippen LogP contribution in [0.3, 0.4) is 0 Å². The summed E-state index contributed by atoms with van der Waals surface area (Å²) in [6.45, 7) is 23.5. The maximum absolute atomic E-state index is 12.8. The van der Waals surface area contributed by atoms with Gasteiger partial charge in [-0.25, -0.2) is 14.4 Å². The molecule has 0 bridgehead atoms. The summed E-state index contributed by atoms with van der Waals surface area (Å²) in [6, 6.07) is 0. The highest BCUT2D eigenvalue weighted by Gasteiger charge is 2.39. The largest absolute Gasteiger partial charge is 0.481 e.